The van der Waals surface area contributed by atoms with Crippen LogP contribution >= 0.6 is 11.8 Å². The largest absolute Gasteiger partial charge is 0.351 e. The molecule has 0 aliphatic rings. The summed E-state index contributed by atoms with van der Waals surface area (Å²) >= 11 is 1.71. The van der Waals surface area contributed by atoms with Crippen LogP contribution in [0.5, 0.6) is 0 Å². The number of rotatable bonds is 4. The predicted molar refractivity (Wildman–Crippen MR) is 77.8 cm³/mol. The third kappa shape index (κ3) is 4.44. The molecule has 1 aromatic carbocycles. The number of carbonyl (C=O) groups excluding carboxylic acids is 1. The van der Waals surface area contributed by atoms with E-state index in [1.807, 2.05) is 25.3 Å². The molecule has 1 aromatic rings. The number of thioether (sulfide) groups is 1. The minimum absolute atomic E-state index is 0.0366. The number of amides is 1. The zero-order valence-corrected chi connectivity index (χ0v) is 11.6. The fraction of sp³-hybridized carbons (Fsp3) is 0.357. The highest BCUT2D eigenvalue weighted by atomic mass is 32.2. The van der Waals surface area contributed by atoms with Crippen molar-refractivity contribution in [1.29, 1.82) is 0 Å². The second kappa shape index (κ2) is 7.80. The summed E-state index contributed by atoms with van der Waals surface area (Å²) < 4.78 is 0. The van der Waals surface area contributed by atoms with Gasteiger partial charge in [-0.15, -0.1) is 0 Å². The Labute approximate surface area is 113 Å². The first-order valence-electron chi connectivity index (χ1n) is 5.75. The molecule has 0 aliphatic carbocycles. The van der Waals surface area contributed by atoms with Gasteiger partial charge in [-0.1, -0.05) is 11.8 Å². The van der Waals surface area contributed by atoms with E-state index in [0.717, 1.165) is 16.9 Å². The van der Waals surface area contributed by atoms with Crippen LogP contribution in [0, 0.1) is 18.8 Å². The van der Waals surface area contributed by atoms with Crippen molar-refractivity contribution in [1.82, 2.24) is 5.32 Å². The molecule has 4 heteroatoms. The van der Waals surface area contributed by atoms with Crippen LogP contribution in [0.4, 0.5) is 0 Å². The van der Waals surface area contributed by atoms with E-state index in [4.69, 9.17) is 5.73 Å². The molecule has 0 heterocycles. The molecule has 0 saturated carbocycles. The summed E-state index contributed by atoms with van der Waals surface area (Å²) in [4.78, 5) is 11.8. The zero-order valence-electron chi connectivity index (χ0n) is 10.7. The van der Waals surface area contributed by atoms with Crippen molar-refractivity contribution < 1.29 is 4.79 Å². The van der Waals surface area contributed by atoms with E-state index in [1.165, 1.54) is 0 Å². The predicted octanol–water partition coefficient (Wildman–Crippen LogP) is 1.40. The monoisotopic (exact) mass is 262 g/mol. The van der Waals surface area contributed by atoms with Crippen LogP contribution in [0.1, 0.15) is 21.5 Å². The maximum absolute atomic E-state index is 11.8. The molecule has 3 nitrogen and oxygen atoms in total. The first kappa shape index (κ1) is 14.6. The maximum Gasteiger partial charge on any atom is 0.251 e. The second-order valence-corrected chi connectivity index (χ2v) is 4.77. The number of hydrogen-bond donors (Lipinski definition) is 2. The summed E-state index contributed by atoms with van der Waals surface area (Å²) in [6, 6.07) is 5.51. The molecule has 0 saturated heterocycles. The Kier molecular flexibility index (Phi) is 6.34. The van der Waals surface area contributed by atoms with E-state index in [2.05, 4.69) is 17.2 Å². The maximum atomic E-state index is 11.8. The van der Waals surface area contributed by atoms with Crippen molar-refractivity contribution in [3.05, 3.63) is 34.9 Å². The minimum Gasteiger partial charge on any atom is -0.351 e. The average Bonchev–Trinajstić information content (AvgIpc) is 2.37. The van der Waals surface area contributed by atoms with Crippen molar-refractivity contribution >= 4 is 17.7 Å². The van der Waals surface area contributed by atoms with Crippen molar-refractivity contribution in [2.24, 2.45) is 5.73 Å². The van der Waals surface area contributed by atoms with Crippen molar-refractivity contribution in [2.75, 3.05) is 25.1 Å². The number of nitrogens with two attached hydrogens (primary N) is 1. The SMILES string of the molecule is CSCCNC(=O)c1ccc(C#CCN)c(C)c1. The molecule has 0 spiro atoms. The number of hydrogen-bond acceptors (Lipinski definition) is 3. The molecule has 0 aromatic heterocycles. The number of carbonyl (C=O) groups is 1. The van der Waals surface area contributed by atoms with Gasteiger partial charge in [-0.05, 0) is 36.9 Å². The topological polar surface area (TPSA) is 55.1 Å². The van der Waals surface area contributed by atoms with E-state index >= 15 is 0 Å². The molecule has 3 N–H and O–H groups in total. The normalized spacial score (nSPS) is 9.50. The van der Waals surface area contributed by atoms with E-state index in [9.17, 15) is 4.79 Å². The van der Waals surface area contributed by atoms with E-state index in [1.54, 1.807) is 17.8 Å². The lowest BCUT2D eigenvalue weighted by Gasteiger charge is -2.06. The summed E-state index contributed by atoms with van der Waals surface area (Å²) in [6.07, 6.45) is 2.02. The van der Waals surface area contributed by atoms with E-state index in [0.29, 0.717) is 18.7 Å². The Morgan fingerprint density at radius 3 is 2.89 bits per heavy atom. The van der Waals surface area contributed by atoms with Crippen molar-refractivity contribution in [3.63, 3.8) is 0 Å². The van der Waals surface area contributed by atoms with E-state index < -0.39 is 0 Å². The number of aryl methyl sites for hydroxylation is 1. The first-order valence-corrected chi connectivity index (χ1v) is 7.15. The summed E-state index contributed by atoms with van der Waals surface area (Å²) in [5.41, 5.74) is 7.92. The highest BCUT2D eigenvalue weighted by Gasteiger charge is 2.06. The highest BCUT2D eigenvalue weighted by molar-refractivity contribution is 7.98. The van der Waals surface area contributed by atoms with Crippen LogP contribution in [-0.4, -0.2) is 31.0 Å². The Morgan fingerprint density at radius 2 is 2.28 bits per heavy atom. The van der Waals surface area contributed by atoms with Gasteiger partial charge in [0, 0.05) is 23.4 Å². The number of nitrogens with one attached hydrogen (secondary N) is 1. The molecular weight excluding hydrogens is 244 g/mol. The lowest BCUT2D eigenvalue weighted by atomic mass is 10.0. The van der Waals surface area contributed by atoms with Gasteiger partial charge in [-0.3, -0.25) is 4.79 Å². The molecule has 0 radical (unpaired) electrons. The molecule has 1 amide bonds. The lowest BCUT2D eigenvalue weighted by Crippen LogP contribution is -2.25. The summed E-state index contributed by atoms with van der Waals surface area (Å²) in [6.45, 7) is 2.98. The third-order valence-electron chi connectivity index (χ3n) is 2.41. The fourth-order valence-corrected chi connectivity index (χ4v) is 1.77. The molecule has 0 fully saturated rings. The van der Waals surface area contributed by atoms with Crippen LogP contribution in [0.3, 0.4) is 0 Å². The smallest absolute Gasteiger partial charge is 0.251 e. The van der Waals surface area contributed by atoms with Crippen LogP contribution in [-0.2, 0) is 0 Å². The summed E-state index contributed by atoms with van der Waals surface area (Å²) in [5, 5.41) is 2.87. The van der Waals surface area contributed by atoms with Crippen LogP contribution < -0.4 is 11.1 Å². The molecule has 0 atom stereocenters. The van der Waals surface area contributed by atoms with Gasteiger partial charge in [-0.25, -0.2) is 0 Å². The van der Waals surface area contributed by atoms with Crippen molar-refractivity contribution in [2.45, 2.75) is 6.92 Å². The van der Waals surface area contributed by atoms with Gasteiger partial charge in [-0.2, -0.15) is 11.8 Å². The van der Waals surface area contributed by atoms with Crippen LogP contribution in [0.25, 0.3) is 0 Å². The molecular formula is C14H18N2OS. The molecule has 0 aliphatic heterocycles. The fourth-order valence-electron chi connectivity index (χ4n) is 1.46. The Bertz CT molecular complexity index is 474. The summed E-state index contributed by atoms with van der Waals surface area (Å²) in [5.74, 6) is 6.68. The number of benzene rings is 1. The van der Waals surface area contributed by atoms with Gasteiger partial charge in [0.2, 0.25) is 0 Å². The van der Waals surface area contributed by atoms with Gasteiger partial charge in [0.25, 0.3) is 5.91 Å². The first-order chi connectivity index (χ1) is 8.69. The van der Waals surface area contributed by atoms with Crippen molar-refractivity contribution in [3.8, 4) is 11.8 Å². The zero-order chi connectivity index (χ0) is 13.4. The van der Waals surface area contributed by atoms with Gasteiger partial charge >= 0.3 is 0 Å². The molecule has 18 heavy (non-hydrogen) atoms. The molecule has 0 bridgehead atoms. The summed E-state index contributed by atoms with van der Waals surface area (Å²) in [7, 11) is 0. The minimum atomic E-state index is -0.0366. The third-order valence-corrected chi connectivity index (χ3v) is 3.02. The van der Waals surface area contributed by atoms with E-state index in [-0.39, 0.29) is 5.91 Å². The highest BCUT2D eigenvalue weighted by Crippen LogP contribution is 2.10. The standard InChI is InChI=1S/C14H18N2OS/c1-11-10-13(14(17)16-8-9-18-2)6-5-12(11)4-3-7-15/h5-6,10H,7-9,15H2,1-2H3,(H,16,17). The molecule has 96 valence electrons. The van der Waals surface area contributed by atoms with Crippen LogP contribution in [0.2, 0.25) is 0 Å². The Hall–Kier alpha value is -1.44. The quantitative estimate of drug-likeness (QED) is 0.637. The van der Waals surface area contributed by atoms with Gasteiger partial charge in [0.05, 0.1) is 6.54 Å². The van der Waals surface area contributed by atoms with Crippen LogP contribution in [0.15, 0.2) is 18.2 Å². The Morgan fingerprint density at radius 1 is 1.50 bits per heavy atom. The molecule has 0 unspecified atom stereocenters. The van der Waals surface area contributed by atoms with Gasteiger partial charge < -0.3 is 11.1 Å². The van der Waals surface area contributed by atoms with Gasteiger partial charge in [0.15, 0.2) is 0 Å². The average molecular weight is 262 g/mol. The van der Waals surface area contributed by atoms with Gasteiger partial charge in [0.1, 0.15) is 0 Å². The second-order valence-electron chi connectivity index (χ2n) is 3.78. The molecule has 1 rings (SSSR count). The Balaban J connectivity index is 2.74. The lowest BCUT2D eigenvalue weighted by molar-refractivity contribution is 0.0956.